The highest BCUT2D eigenvalue weighted by atomic mass is 79.9. The number of hydrogen-bond donors (Lipinski definition) is 1. The van der Waals surface area contributed by atoms with Crippen LogP contribution in [-0.2, 0) is 5.33 Å². The molecule has 1 aromatic carbocycles. The van der Waals surface area contributed by atoms with Gasteiger partial charge in [-0.15, -0.1) is 0 Å². The number of carbonyl (C=O) groups is 1. The maximum absolute atomic E-state index is 11.9. The first-order chi connectivity index (χ1) is 7.54. The van der Waals surface area contributed by atoms with Crippen LogP contribution in [-0.4, -0.2) is 35.6 Å². The average Bonchev–Trinajstić information content (AvgIpc) is 2.27. The first-order valence-corrected chi connectivity index (χ1v) is 6.25. The standard InChI is InChI=1S/C12H16BrNO2/c1-9(15)8-14(2)12(16)11-5-3-10(7-13)4-6-11/h3-6,9,15H,7-8H2,1-2H3. The van der Waals surface area contributed by atoms with Crippen molar-refractivity contribution in [2.24, 2.45) is 0 Å². The van der Waals surface area contributed by atoms with Crippen molar-refractivity contribution < 1.29 is 9.90 Å². The minimum atomic E-state index is -0.504. The van der Waals surface area contributed by atoms with Crippen molar-refractivity contribution in [1.82, 2.24) is 4.90 Å². The molecule has 0 aliphatic heterocycles. The number of aliphatic hydroxyl groups excluding tert-OH is 1. The normalized spacial score (nSPS) is 12.2. The van der Waals surface area contributed by atoms with E-state index in [9.17, 15) is 9.90 Å². The molecular formula is C12H16BrNO2. The summed E-state index contributed by atoms with van der Waals surface area (Å²) in [5.74, 6) is -0.0676. The zero-order chi connectivity index (χ0) is 12.1. The number of benzene rings is 1. The van der Waals surface area contributed by atoms with Crippen LogP contribution < -0.4 is 0 Å². The van der Waals surface area contributed by atoms with Crippen molar-refractivity contribution in [3.63, 3.8) is 0 Å². The van der Waals surface area contributed by atoms with Crippen molar-refractivity contribution >= 4 is 21.8 Å². The van der Waals surface area contributed by atoms with E-state index in [0.29, 0.717) is 12.1 Å². The molecule has 1 unspecified atom stereocenters. The van der Waals surface area contributed by atoms with E-state index in [4.69, 9.17) is 0 Å². The van der Waals surface area contributed by atoms with Crippen LogP contribution in [0.4, 0.5) is 0 Å². The van der Waals surface area contributed by atoms with Gasteiger partial charge < -0.3 is 10.0 Å². The van der Waals surface area contributed by atoms with Gasteiger partial charge in [0.2, 0.25) is 0 Å². The molecule has 0 radical (unpaired) electrons. The van der Waals surface area contributed by atoms with Gasteiger partial charge in [-0.1, -0.05) is 28.1 Å². The van der Waals surface area contributed by atoms with Gasteiger partial charge in [-0.25, -0.2) is 0 Å². The molecule has 0 saturated carbocycles. The predicted octanol–water partition coefficient (Wildman–Crippen LogP) is 2.03. The third-order valence-corrected chi connectivity index (χ3v) is 2.89. The highest BCUT2D eigenvalue weighted by Gasteiger charge is 2.12. The fourth-order valence-corrected chi connectivity index (χ4v) is 1.81. The SMILES string of the molecule is CC(O)CN(C)C(=O)c1ccc(CBr)cc1. The Labute approximate surface area is 104 Å². The molecule has 0 aliphatic rings. The molecule has 1 atom stereocenters. The van der Waals surface area contributed by atoms with Crippen LogP contribution in [0.15, 0.2) is 24.3 Å². The van der Waals surface area contributed by atoms with Crippen molar-refractivity contribution in [1.29, 1.82) is 0 Å². The number of likely N-dealkylation sites (N-methyl/N-ethyl adjacent to an activating group) is 1. The molecule has 88 valence electrons. The van der Waals surface area contributed by atoms with Crippen LogP contribution in [0, 0.1) is 0 Å². The van der Waals surface area contributed by atoms with E-state index >= 15 is 0 Å². The molecule has 1 aromatic rings. The summed E-state index contributed by atoms with van der Waals surface area (Å²) in [5, 5.41) is 9.98. The van der Waals surface area contributed by atoms with Crippen molar-refractivity contribution in [2.75, 3.05) is 13.6 Å². The molecule has 3 nitrogen and oxygen atoms in total. The van der Waals surface area contributed by atoms with Crippen LogP contribution >= 0.6 is 15.9 Å². The summed E-state index contributed by atoms with van der Waals surface area (Å²) < 4.78 is 0. The van der Waals surface area contributed by atoms with Crippen LogP contribution in [0.1, 0.15) is 22.8 Å². The van der Waals surface area contributed by atoms with Gasteiger partial charge in [-0.3, -0.25) is 4.79 Å². The Morgan fingerprint density at radius 2 is 2.00 bits per heavy atom. The molecule has 0 spiro atoms. The Morgan fingerprint density at radius 3 is 2.44 bits per heavy atom. The average molecular weight is 286 g/mol. The Balaban J connectivity index is 2.72. The molecule has 0 aliphatic carbocycles. The quantitative estimate of drug-likeness (QED) is 0.860. The molecule has 4 heteroatoms. The highest BCUT2D eigenvalue weighted by Crippen LogP contribution is 2.09. The first kappa shape index (κ1) is 13.2. The third-order valence-electron chi connectivity index (χ3n) is 2.24. The molecule has 0 aromatic heterocycles. The summed E-state index contributed by atoms with van der Waals surface area (Å²) >= 11 is 3.35. The van der Waals surface area contributed by atoms with Gasteiger partial charge in [-0.05, 0) is 24.6 Å². The Kier molecular flexibility index (Phi) is 4.96. The van der Waals surface area contributed by atoms with Crippen molar-refractivity contribution in [3.8, 4) is 0 Å². The Morgan fingerprint density at radius 1 is 1.44 bits per heavy atom. The van der Waals surface area contributed by atoms with E-state index < -0.39 is 6.10 Å². The van der Waals surface area contributed by atoms with E-state index in [2.05, 4.69) is 15.9 Å². The first-order valence-electron chi connectivity index (χ1n) is 5.13. The molecule has 0 saturated heterocycles. The minimum absolute atomic E-state index is 0.0676. The van der Waals surface area contributed by atoms with Gasteiger partial charge in [0.1, 0.15) is 0 Å². The van der Waals surface area contributed by atoms with Crippen LogP contribution in [0.3, 0.4) is 0 Å². The van der Waals surface area contributed by atoms with Gasteiger partial charge in [0.15, 0.2) is 0 Å². The van der Waals surface area contributed by atoms with Crippen LogP contribution in [0.2, 0.25) is 0 Å². The molecule has 1 rings (SSSR count). The zero-order valence-electron chi connectivity index (χ0n) is 9.48. The number of hydrogen-bond acceptors (Lipinski definition) is 2. The topological polar surface area (TPSA) is 40.5 Å². The fraction of sp³-hybridized carbons (Fsp3) is 0.417. The lowest BCUT2D eigenvalue weighted by Crippen LogP contribution is -2.32. The number of amides is 1. The molecule has 0 bridgehead atoms. The zero-order valence-corrected chi connectivity index (χ0v) is 11.1. The summed E-state index contributed by atoms with van der Waals surface area (Å²) in [6, 6.07) is 7.44. The number of rotatable bonds is 4. The molecule has 1 N–H and O–H groups in total. The second kappa shape index (κ2) is 6.01. The molecule has 16 heavy (non-hydrogen) atoms. The molecule has 1 amide bonds. The van der Waals surface area contributed by atoms with Gasteiger partial charge >= 0.3 is 0 Å². The van der Waals surface area contributed by atoms with Crippen molar-refractivity contribution in [2.45, 2.75) is 18.4 Å². The lowest BCUT2D eigenvalue weighted by molar-refractivity contribution is 0.0703. The molecular weight excluding hydrogens is 270 g/mol. The number of carbonyl (C=O) groups excluding carboxylic acids is 1. The number of nitrogens with zero attached hydrogens (tertiary/aromatic N) is 1. The van der Waals surface area contributed by atoms with E-state index in [1.54, 1.807) is 26.1 Å². The molecule has 0 fully saturated rings. The van der Waals surface area contributed by atoms with Gasteiger partial charge in [0.05, 0.1) is 6.10 Å². The summed E-state index contributed by atoms with van der Waals surface area (Å²) in [5.41, 5.74) is 1.78. The van der Waals surface area contributed by atoms with Gasteiger partial charge in [0.25, 0.3) is 5.91 Å². The smallest absolute Gasteiger partial charge is 0.253 e. The van der Waals surface area contributed by atoms with Gasteiger partial charge in [-0.2, -0.15) is 0 Å². The Hall–Kier alpha value is -0.870. The van der Waals surface area contributed by atoms with E-state index in [1.807, 2.05) is 12.1 Å². The summed E-state index contributed by atoms with van der Waals surface area (Å²) in [6.07, 6.45) is -0.504. The maximum atomic E-state index is 11.9. The van der Waals surface area contributed by atoms with Crippen LogP contribution in [0.25, 0.3) is 0 Å². The second-order valence-corrected chi connectivity index (χ2v) is 4.43. The van der Waals surface area contributed by atoms with E-state index in [1.165, 1.54) is 4.90 Å². The second-order valence-electron chi connectivity index (χ2n) is 3.87. The minimum Gasteiger partial charge on any atom is -0.392 e. The lowest BCUT2D eigenvalue weighted by atomic mass is 10.1. The highest BCUT2D eigenvalue weighted by molar-refractivity contribution is 9.08. The van der Waals surface area contributed by atoms with Gasteiger partial charge in [0, 0.05) is 24.5 Å². The van der Waals surface area contributed by atoms with E-state index in [-0.39, 0.29) is 5.91 Å². The fourth-order valence-electron chi connectivity index (χ4n) is 1.44. The Bertz CT molecular complexity index is 349. The predicted molar refractivity (Wildman–Crippen MR) is 67.7 cm³/mol. The number of alkyl halides is 1. The summed E-state index contributed by atoms with van der Waals surface area (Å²) in [4.78, 5) is 13.4. The number of halogens is 1. The third kappa shape index (κ3) is 3.61. The lowest BCUT2D eigenvalue weighted by Gasteiger charge is -2.18. The largest absolute Gasteiger partial charge is 0.392 e. The monoisotopic (exact) mass is 285 g/mol. The van der Waals surface area contributed by atoms with E-state index in [0.717, 1.165) is 10.9 Å². The van der Waals surface area contributed by atoms with Crippen molar-refractivity contribution in [3.05, 3.63) is 35.4 Å². The molecule has 0 heterocycles. The maximum Gasteiger partial charge on any atom is 0.253 e. The number of aliphatic hydroxyl groups is 1. The summed E-state index contributed by atoms with van der Waals surface area (Å²) in [6.45, 7) is 2.01. The summed E-state index contributed by atoms with van der Waals surface area (Å²) in [7, 11) is 1.69. The van der Waals surface area contributed by atoms with Crippen LogP contribution in [0.5, 0.6) is 0 Å².